The maximum absolute atomic E-state index is 13.3. The molecule has 2 N–H and O–H groups in total. The third kappa shape index (κ3) is 6.96. The lowest BCUT2D eigenvalue weighted by molar-refractivity contribution is 0.0851. The summed E-state index contributed by atoms with van der Waals surface area (Å²) >= 11 is 1.31. The first-order chi connectivity index (χ1) is 17.6. The second-order valence-electron chi connectivity index (χ2n) is 8.10. The van der Waals surface area contributed by atoms with E-state index < -0.39 is 12.1 Å². The zero-order valence-corrected chi connectivity index (χ0v) is 20.4. The summed E-state index contributed by atoms with van der Waals surface area (Å²) in [5.74, 6) is -0.576. The van der Waals surface area contributed by atoms with Gasteiger partial charge in [-0.25, -0.2) is 9.78 Å². The Labute approximate surface area is 212 Å². The van der Waals surface area contributed by atoms with E-state index in [2.05, 4.69) is 20.6 Å². The predicted molar refractivity (Wildman–Crippen MR) is 138 cm³/mol. The van der Waals surface area contributed by atoms with E-state index in [9.17, 15) is 14.4 Å². The number of para-hydroxylation sites is 1. The van der Waals surface area contributed by atoms with Gasteiger partial charge in [-0.1, -0.05) is 42.5 Å². The van der Waals surface area contributed by atoms with Gasteiger partial charge in [0.2, 0.25) is 5.78 Å². The van der Waals surface area contributed by atoms with Crippen molar-refractivity contribution in [1.82, 2.24) is 20.6 Å². The van der Waals surface area contributed by atoms with Crippen LogP contribution in [0.4, 0.5) is 4.79 Å². The van der Waals surface area contributed by atoms with Gasteiger partial charge >= 0.3 is 6.09 Å². The van der Waals surface area contributed by atoms with E-state index in [1.165, 1.54) is 23.7 Å². The number of thiazole rings is 1. The summed E-state index contributed by atoms with van der Waals surface area (Å²) in [5.41, 5.74) is 2.09. The standard InChI is InChI=1S/C27H26N4O4S/c32-24(26-31-21-10-4-5-12-23(21)36-26)22(30-25(33)20-13-16-28-17-14-20)11-6-7-15-29-27(34)35-18-19-8-2-1-3-9-19/h1-5,8-10,12-14,16-17,22H,6-7,11,15,18H2,(H,29,34)(H,30,33). The highest BCUT2D eigenvalue weighted by Gasteiger charge is 2.25. The van der Waals surface area contributed by atoms with E-state index in [-0.39, 0.29) is 18.3 Å². The number of carbonyl (C=O) groups excluding carboxylic acids is 3. The molecule has 0 spiro atoms. The maximum Gasteiger partial charge on any atom is 0.407 e. The molecule has 0 bridgehead atoms. The normalized spacial score (nSPS) is 11.6. The third-order valence-corrected chi connectivity index (χ3v) is 6.52. The van der Waals surface area contributed by atoms with Crippen molar-refractivity contribution in [2.45, 2.75) is 31.9 Å². The molecule has 2 amide bonds. The van der Waals surface area contributed by atoms with E-state index in [4.69, 9.17) is 4.74 Å². The first-order valence-electron chi connectivity index (χ1n) is 11.7. The van der Waals surface area contributed by atoms with Crippen molar-refractivity contribution in [2.24, 2.45) is 0 Å². The molecule has 0 aliphatic carbocycles. The quantitative estimate of drug-likeness (QED) is 0.226. The van der Waals surface area contributed by atoms with Crippen LogP contribution in [0.5, 0.6) is 0 Å². The Morgan fingerprint density at radius 3 is 2.44 bits per heavy atom. The van der Waals surface area contributed by atoms with Gasteiger partial charge in [0.15, 0.2) is 5.01 Å². The van der Waals surface area contributed by atoms with Crippen LogP contribution < -0.4 is 10.6 Å². The van der Waals surface area contributed by atoms with E-state index in [0.29, 0.717) is 36.4 Å². The summed E-state index contributed by atoms with van der Waals surface area (Å²) in [7, 11) is 0. The number of amides is 2. The van der Waals surface area contributed by atoms with Gasteiger partial charge in [-0.2, -0.15) is 0 Å². The Kier molecular flexibility index (Phi) is 8.72. The minimum Gasteiger partial charge on any atom is -0.445 e. The van der Waals surface area contributed by atoms with Crippen LogP contribution in [0.25, 0.3) is 10.2 Å². The summed E-state index contributed by atoms with van der Waals surface area (Å²) in [5, 5.41) is 5.93. The molecule has 0 saturated heterocycles. The van der Waals surface area contributed by atoms with Crippen LogP contribution >= 0.6 is 11.3 Å². The van der Waals surface area contributed by atoms with Gasteiger partial charge in [-0.15, -0.1) is 11.3 Å². The van der Waals surface area contributed by atoms with Gasteiger partial charge in [0.05, 0.1) is 16.3 Å². The van der Waals surface area contributed by atoms with Crippen molar-refractivity contribution in [3.8, 4) is 0 Å². The van der Waals surface area contributed by atoms with E-state index in [1.54, 1.807) is 12.1 Å². The van der Waals surface area contributed by atoms with Crippen molar-refractivity contribution in [1.29, 1.82) is 0 Å². The van der Waals surface area contributed by atoms with Gasteiger partial charge in [-0.3, -0.25) is 14.6 Å². The number of ketones is 1. The molecule has 0 fully saturated rings. The van der Waals surface area contributed by atoms with E-state index in [0.717, 1.165) is 15.8 Å². The second-order valence-corrected chi connectivity index (χ2v) is 9.13. The monoisotopic (exact) mass is 502 g/mol. The Hall–Kier alpha value is -4.11. The van der Waals surface area contributed by atoms with Crippen LogP contribution in [-0.2, 0) is 11.3 Å². The molecule has 2 heterocycles. The van der Waals surface area contributed by atoms with Crippen LogP contribution in [0.2, 0.25) is 0 Å². The van der Waals surface area contributed by atoms with Crippen LogP contribution in [0, 0.1) is 0 Å². The number of alkyl carbamates (subject to hydrolysis) is 1. The predicted octanol–water partition coefficient (Wildman–Crippen LogP) is 4.77. The zero-order valence-electron chi connectivity index (χ0n) is 19.6. The summed E-state index contributed by atoms with van der Waals surface area (Å²) in [4.78, 5) is 46.4. The minimum atomic E-state index is -0.740. The highest BCUT2D eigenvalue weighted by Crippen LogP contribution is 2.23. The number of ether oxygens (including phenoxy) is 1. The molecule has 4 rings (SSSR count). The first kappa shape index (κ1) is 25.0. The smallest absolute Gasteiger partial charge is 0.407 e. The Bertz CT molecular complexity index is 1280. The summed E-state index contributed by atoms with van der Waals surface area (Å²) < 4.78 is 6.12. The number of benzene rings is 2. The van der Waals surface area contributed by atoms with Crippen LogP contribution in [0.15, 0.2) is 79.1 Å². The average molecular weight is 503 g/mol. The average Bonchev–Trinajstić information content (AvgIpc) is 3.36. The molecule has 9 heteroatoms. The van der Waals surface area contributed by atoms with Crippen molar-refractivity contribution in [3.05, 3.63) is 95.3 Å². The number of fused-ring (bicyclic) bond motifs is 1. The summed E-state index contributed by atoms with van der Waals surface area (Å²) in [6.07, 6.45) is 4.20. The maximum atomic E-state index is 13.3. The number of pyridine rings is 1. The number of hydrogen-bond acceptors (Lipinski definition) is 7. The van der Waals surface area contributed by atoms with Crippen LogP contribution in [-0.4, -0.2) is 40.3 Å². The topological polar surface area (TPSA) is 110 Å². The fourth-order valence-corrected chi connectivity index (χ4v) is 4.54. The molecular formula is C27H26N4O4S. The molecule has 4 aromatic rings. The molecule has 0 aliphatic rings. The Morgan fingerprint density at radius 1 is 0.917 bits per heavy atom. The van der Waals surface area contributed by atoms with Gasteiger partial charge in [0, 0.05) is 24.5 Å². The molecule has 0 radical (unpaired) electrons. The lowest BCUT2D eigenvalue weighted by Crippen LogP contribution is -2.41. The summed E-state index contributed by atoms with van der Waals surface area (Å²) in [6.45, 7) is 0.598. The number of hydrogen-bond donors (Lipinski definition) is 2. The molecule has 1 unspecified atom stereocenters. The van der Waals surface area contributed by atoms with Gasteiger partial charge in [0.1, 0.15) is 6.61 Å². The lowest BCUT2D eigenvalue weighted by atomic mass is 10.0. The number of aromatic nitrogens is 2. The fraction of sp³-hybridized carbons (Fsp3) is 0.222. The SMILES string of the molecule is O=C(NCCCCC(NC(=O)c1ccncc1)C(=O)c1nc2ccccc2s1)OCc1ccccc1. The Balaban J connectivity index is 1.31. The van der Waals surface area contributed by atoms with Crippen molar-refractivity contribution < 1.29 is 19.1 Å². The number of carbonyl (C=O) groups is 3. The van der Waals surface area contributed by atoms with Gasteiger partial charge in [0.25, 0.3) is 5.91 Å². The van der Waals surface area contributed by atoms with E-state index in [1.807, 2.05) is 54.6 Å². The molecule has 2 aromatic carbocycles. The van der Waals surface area contributed by atoms with E-state index >= 15 is 0 Å². The molecule has 184 valence electrons. The van der Waals surface area contributed by atoms with Crippen LogP contribution in [0.1, 0.15) is 45.0 Å². The number of Topliss-reactive ketones (excluding diaryl/α,β-unsaturated/α-hetero) is 1. The second kappa shape index (κ2) is 12.6. The van der Waals surface area contributed by atoms with Crippen molar-refractivity contribution in [3.63, 3.8) is 0 Å². The molecule has 36 heavy (non-hydrogen) atoms. The lowest BCUT2D eigenvalue weighted by Gasteiger charge is -2.17. The number of nitrogens with zero attached hydrogens (tertiary/aromatic N) is 2. The van der Waals surface area contributed by atoms with Gasteiger partial charge in [-0.05, 0) is 49.1 Å². The van der Waals surface area contributed by atoms with Gasteiger partial charge < -0.3 is 15.4 Å². The molecule has 8 nitrogen and oxygen atoms in total. The number of rotatable bonds is 11. The minimum absolute atomic E-state index is 0.201. The molecular weight excluding hydrogens is 476 g/mol. The van der Waals surface area contributed by atoms with Crippen LogP contribution in [0.3, 0.4) is 0 Å². The third-order valence-electron chi connectivity index (χ3n) is 5.47. The van der Waals surface area contributed by atoms with Crippen molar-refractivity contribution >= 4 is 39.3 Å². The number of nitrogens with one attached hydrogen (secondary N) is 2. The van der Waals surface area contributed by atoms with Crippen molar-refractivity contribution in [2.75, 3.05) is 6.54 Å². The molecule has 0 saturated carbocycles. The highest BCUT2D eigenvalue weighted by atomic mass is 32.1. The first-order valence-corrected chi connectivity index (χ1v) is 12.5. The zero-order chi connectivity index (χ0) is 25.2. The number of unbranched alkanes of at least 4 members (excludes halogenated alkanes) is 1. The Morgan fingerprint density at radius 2 is 1.67 bits per heavy atom. The molecule has 0 aliphatic heterocycles. The largest absolute Gasteiger partial charge is 0.445 e. The summed E-state index contributed by atoms with van der Waals surface area (Å²) in [6, 6.07) is 19.4. The molecule has 1 atom stereocenters. The molecule has 2 aromatic heterocycles. The fourth-order valence-electron chi connectivity index (χ4n) is 3.58. The highest BCUT2D eigenvalue weighted by molar-refractivity contribution is 7.20.